The van der Waals surface area contributed by atoms with E-state index in [-0.39, 0.29) is 5.54 Å². The highest BCUT2D eigenvalue weighted by atomic mass is 28.3. The van der Waals surface area contributed by atoms with Gasteiger partial charge in [0.2, 0.25) is 0 Å². The lowest BCUT2D eigenvalue weighted by Crippen LogP contribution is -2.67. The standard InChI is InChI=1S/C8H18N4Si/c1-5-8(10-11-9)6-12(7-8)13(2,3)4/h5-7H2,1-4H3. The van der Waals surface area contributed by atoms with E-state index in [2.05, 4.69) is 41.2 Å². The zero-order valence-corrected chi connectivity index (χ0v) is 9.91. The van der Waals surface area contributed by atoms with Crippen LogP contribution in [0.3, 0.4) is 0 Å². The fourth-order valence-electron chi connectivity index (χ4n) is 1.59. The van der Waals surface area contributed by atoms with E-state index >= 15 is 0 Å². The van der Waals surface area contributed by atoms with Gasteiger partial charge >= 0.3 is 0 Å². The van der Waals surface area contributed by atoms with Crippen molar-refractivity contribution in [2.75, 3.05) is 13.1 Å². The summed E-state index contributed by atoms with van der Waals surface area (Å²) in [7, 11) is -1.16. The van der Waals surface area contributed by atoms with Gasteiger partial charge in [0.1, 0.15) is 8.24 Å². The highest BCUT2D eigenvalue weighted by molar-refractivity contribution is 6.73. The molecule has 1 fully saturated rings. The number of nitrogens with zero attached hydrogens (tertiary/aromatic N) is 4. The van der Waals surface area contributed by atoms with Crippen molar-refractivity contribution in [3.05, 3.63) is 10.4 Å². The fraction of sp³-hybridized carbons (Fsp3) is 1.00. The van der Waals surface area contributed by atoms with Gasteiger partial charge in [-0.15, -0.1) is 0 Å². The lowest BCUT2D eigenvalue weighted by molar-refractivity contribution is 0.144. The molecule has 74 valence electrons. The highest BCUT2D eigenvalue weighted by Crippen LogP contribution is 2.32. The van der Waals surface area contributed by atoms with Crippen LogP contribution in [0.2, 0.25) is 19.6 Å². The van der Waals surface area contributed by atoms with Crippen LogP contribution in [0.4, 0.5) is 0 Å². The molecule has 0 bridgehead atoms. The average molecular weight is 198 g/mol. The Morgan fingerprint density at radius 3 is 2.31 bits per heavy atom. The van der Waals surface area contributed by atoms with Crippen LogP contribution in [0, 0.1) is 0 Å². The van der Waals surface area contributed by atoms with Crippen molar-refractivity contribution < 1.29 is 0 Å². The first kappa shape index (κ1) is 10.6. The van der Waals surface area contributed by atoms with Gasteiger partial charge in [-0.25, -0.2) is 0 Å². The predicted molar refractivity (Wildman–Crippen MR) is 57.1 cm³/mol. The summed E-state index contributed by atoms with van der Waals surface area (Å²) in [5, 5.41) is 3.90. The van der Waals surface area contributed by atoms with Crippen molar-refractivity contribution in [3.63, 3.8) is 0 Å². The molecule has 0 atom stereocenters. The summed E-state index contributed by atoms with van der Waals surface area (Å²) in [6, 6.07) is 0. The fourth-order valence-corrected chi connectivity index (χ4v) is 3.13. The van der Waals surface area contributed by atoms with Gasteiger partial charge in [0.15, 0.2) is 0 Å². The Labute approximate surface area is 80.6 Å². The number of rotatable bonds is 3. The smallest absolute Gasteiger partial charge is 0.119 e. The second kappa shape index (κ2) is 3.33. The topological polar surface area (TPSA) is 52.0 Å². The Balaban J connectivity index is 2.59. The van der Waals surface area contributed by atoms with Crippen molar-refractivity contribution in [2.24, 2.45) is 5.11 Å². The minimum absolute atomic E-state index is 0.0883. The van der Waals surface area contributed by atoms with Crippen molar-refractivity contribution in [1.82, 2.24) is 4.57 Å². The molecule has 0 aromatic rings. The van der Waals surface area contributed by atoms with Crippen LogP contribution in [0.25, 0.3) is 10.4 Å². The monoisotopic (exact) mass is 198 g/mol. The minimum Gasteiger partial charge on any atom is -0.322 e. The van der Waals surface area contributed by atoms with E-state index in [4.69, 9.17) is 5.53 Å². The summed E-state index contributed by atoms with van der Waals surface area (Å²) >= 11 is 0. The Kier molecular flexibility index (Phi) is 2.70. The molecule has 0 unspecified atom stereocenters. The van der Waals surface area contributed by atoms with E-state index in [0.717, 1.165) is 19.5 Å². The van der Waals surface area contributed by atoms with Gasteiger partial charge in [-0.2, -0.15) is 0 Å². The predicted octanol–water partition coefficient (Wildman–Crippen LogP) is 2.60. The van der Waals surface area contributed by atoms with E-state index < -0.39 is 8.24 Å². The first-order chi connectivity index (χ1) is 5.93. The molecule has 0 aromatic heterocycles. The van der Waals surface area contributed by atoms with Crippen LogP contribution in [0.1, 0.15) is 13.3 Å². The Morgan fingerprint density at radius 2 is 2.00 bits per heavy atom. The molecule has 0 N–H and O–H groups in total. The van der Waals surface area contributed by atoms with E-state index in [1.54, 1.807) is 0 Å². The zero-order chi connectivity index (χ0) is 10.1. The van der Waals surface area contributed by atoms with Gasteiger partial charge in [0.25, 0.3) is 0 Å². The second-order valence-electron chi connectivity index (χ2n) is 4.79. The summed E-state index contributed by atoms with van der Waals surface area (Å²) in [4.78, 5) is 2.93. The summed E-state index contributed by atoms with van der Waals surface area (Å²) in [5.41, 5.74) is 8.35. The van der Waals surface area contributed by atoms with E-state index in [9.17, 15) is 0 Å². The normalized spacial score (nSPS) is 21.8. The molecule has 0 aromatic carbocycles. The largest absolute Gasteiger partial charge is 0.322 e. The summed E-state index contributed by atoms with van der Waals surface area (Å²) in [5.74, 6) is 0. The summed E-state index contributed by atoms with van der Waals surface area (Å²) in [6.45, 7) is 11.0. The average Bonchev–Trinajstić information content (AvgIpc) is 1.93. The molecule has 0 saturated carbocycles. The molecule has 4 nitrogen and oxygen atoms in total. The van der Waals surface area contributed by atoms with Crippen molar-refractivity contribution in [1.29, 1.82) is 0 Å². The van der Waals surface area contributed by atoms with Crippen LogP contribution >= 0.6 is 0 Å². The van der Waals surface area contributed by atoms with Crippen LogP contribution in [-0.4, -0.2) is 31.4 Å². The molecule has 1 aliphatic rings. The SMILES string of the molecule is CCC1(N=[N+]=[N-])CN([Si](C)(C)C)C1. The molecule has 1 aliphatic heterocycles. The van der Waals surface area contributed by atoms with Crippen molar-refractivity contribution >= 4 is 8.24 Å². The number of hydrogen-bond donors (Lipinski definition) is 0. The molecule has 1 saturated heterocycles. The van der Waals surface area contributed by atoms with Gasteiger partial charge in [0, 0.05) is 18.0 Å². The molecule has 0 aliphatic carbocycles. The van der Waals surface area contributed by atoms with E-state index in [0.29, 0.717) is 0 Å². The number of hydrogen-bond acceptors (Lipinski definition) is 2. The van der Waals surface area contributed by atoms with Gasteiger partial charge in [-0.3, -0.25) is 0 Å². The highest BCUT2D eigenvalue weighted by Gasteiger charge is 2.45. The molecule has 5 heteroatoms. The van der Waals surface area contributed by atoms with Gasteiger partial charge in [-0.1, -0.05) is 31.7 Å². The second-order valence-corrected chi connectivity index (χ2v) is 9.77. The van der Waals surface area contributed by atoms with E-state index in [1.165, 1.54) is 0 Å². The lowest BCUT2D eigenvalue weighted by Gasteiger charge is -2.52. The molecule has 13 heavy (non-hydrogen) atoms. The Hall–Kier alpha value is -0.513. The molecular formula is C8H18N4Si. The van der Waals surface area contributed by atoms with Crippen molar-refractivity contribution in [3.8, 4) is 0 Å². The first-order valence-corrected chi connectivity index (χ1v) is 8.19. The molecular weight excluding hydrogens is 180 g/mol. The Bertz CT molecular complexity index is 233. The minimum atomic E-state index is -1.16. The van der Waals surface area contributed by atoms with Gasteiger partial charge < -0.3 is 4.57 Å². The molecule has 0 radical (unpaired) electrons. The van der Waals surface area contributed by atoms with Crippen LogP contribution in [0.15, 0.2) is 5.11 Å². The first-order valence-electron chi connectivity index (χ1n) is 4.75. The maximum absolute atomic E-state index is 8.44. The van der Waals surface area contributed by atoms with Crippen molar-refractivity contribution in [2.45, 2.75) is 38.5 Å². The van der Waals surface area contributed by atoms with Gasteiger partial charge in [0.05, 0.1) is 5.54 Å². The maximum atomic E-state index is 8.44. The summed E-state index contributed by atoms with van der Waals surface area (Å²) in [6.07, 6.45) is 0.956. The van der Waals surface area contributed by atoms with Crippen LogP contribution in [0.5, 0.6) is 0 Å². The third-order valence-corrected chi connectivity index (χ3v) is 5.05. The lowest BCUT2D eigenvalue weighted by atomic mass is 9.91. The Morgan fingerprint density at radius 1 is 1.46 bits per heavy atom. The quantitative estimate of drug-likeness (QED) is 0.297. The molecule has 0 spiro atoms. The van der Waals surface area contributed by atoms with Crippen LogP contribution < -0.4 is 0 Å². The zero-order valence-electron chi connectivity index (χ0n) is 8.91. The van der Waals surface area contributed by atoms with E-state index in [1.807, 2.05) is 0 Å². The third kappa shape index (κ3) is 2.04. The maximum Gasteiger partial charge on any atom is 0.119 e. The molecule has 1 rings (SSSR count). The van der Waals surface area contributed by atoms with Crippen LogP contribution in [-0.2, 0) is 0 Å². The molecule has 1 heterocycles. The number of azide groups is 1. The van der Waals surface area contributed by atoms with Gasteiger partial charge in [-0.05, 0) is 12.0 Å². The molecule has 0 amide bonds. The third-order valence-electron chi connectivity index (χ3n) is 2.83. The summed E-state index contributed by atoms with van der Waals surface area (Å²) < 4.78 is 2.48.